The molecule has 0 N–H and O–H groups in total. The van der Waals surface area contributed by atoms with Crippen LogP contribution in [-0.2, 0) is 17.9 Å². The molecule has 0 aliphatic carbocycles. The molecule has 0 bridgehead atoms. The van der Waals surface area contributed by atoms with E-state index in [0.29, 0.717) is 55.7 Å². The monoisotopic (exact) mass is 607 g/mol. The second kappa shape index (κ2) is 11.6. The second-order valence-corrected chi connectivity index (χ2v) is 10.7. The smallest absolute Gasteiger partial charge is 0.355 e. The highest BCUT2D eigenvalue weighted by Crippen LogP contribution is 2.42. The molecule has 6 nitrogen and oxygen atoms in total. The van der Waals surface area contributed by atoms with Gasteiger partial charge < -0.3 is 23.5 Å². The number of hydrogen-bond acceptors (Lipinski definition) is 5. The van der Waals surface area contributed by atoms with Gasteiger partial charge in [0.15, 0.2) is 11.5 Å². The van der Waals surface area contributed by atoms with Crippen LogP contribution in [0, 0.1) is 0 Å². The van der Waals surface area contributed by atoms with E-state index in [-0.39, 0.29) is 19.9 Å². The molecule has 0 spiro atoms. The van der Waals surface area contributed by atoms with Crippen molar-refractivity contribution in [3.8, 4) is 28.4 Å². The first kappa shape index (κ1) is 27.3. The van der Waals surface area contributed by atoms with Gasteiger partial charge in [-0.1, -0.05) is 65.1 Å². The predicted molar refractivity (Wildman–Crippen MR) is 161 cm³/mol. The van der Waals surface area contributed by atoms with Gasteiger partial charge in [0.05, 0.1) is 13.2 Å². The molecule has 0 radical (unpaired) electrons. The van der Waals surface area contributed by atoms with Crippen LogP contribution < -0.4 is 14.2 Å². The van der Waals surface area contributed by atoms with Crippen LogP contribution in [0.3, 0.4) is 0 Å². The summed E-state index contributed by atoms with van der Waals surface area (Å²) in [6, 6.07) is 24.4. The lowest BCUT2D eigenvalue weighted by Crippen LogP contribution is -2.14. The highest BCUT2D eigenvalue weighted by molar-refractivity contribution is 6.35. The highest BCUT2D eigenvalue weighted by atomic mass is 35.5. The molecule has 5 aromatic rings. The Hall–Kier alpha value is -3.84. The van der Waals surface area contributed by atoms with E-state index in [1.54, 1.807) is 31.2 Å². The average molecular weight is 609 g/mol. The Balaban J connectivity index is 1.55. The third-order valence-corrected chi connectivity index (χ3v) is 7.56. The molecular formula is C32H24Cl3NO5. The Morgan fingerprint density at radius 3 is 2.37 bits per heavy atom. The topological polar surface area (TPSA) is 58.9 Å². The van der Waals surface area contributed by atoms with Crippen molar-refractivity contribution in [1.29, 1.82) is 0 Å². The molecule has 208 valence electrons. The molecule has 1 aliphatic rings. The van der Waals surface area contributed by atoms with Crippen molar-refractivity contribution in [1.82, 2.24) is 4.57 Å². The summed E-state index contributed by atoms with van der Waals surface area (Å²) < 4.78 is 24.7. The Bertz CT molecular complexity index is 1750. The van der Waals surface area contributed by atoms with E-state index in [4.69, 9.17) is 53.8 Å². The molecule has 2 heterocycles. The van der Waals surface area contributed by atoms with Crippen molar-refractivity contribution in [3.63, 3.8) is 0 Å². The summed E-state index contributed by atoms with van der Waals surface area (Å²) >= 11 is 19.5. The maximum absolute atomic E-state index is 13.6. The minimum Gasteiger partial charge on any atom is -0.489 e. The van der Waals surface area contributed by atoms with Gasteiger partial charge in [0, 0.05) is 37.6 Å². The quantitative estimate of drug-likeness (QED) is 0.165. The summed E-state index contributed by atoms with van der Waals surface area (Å²) in [5, 5.41) is 2.15. The van der Waals surface area contributed by atoms with E-state index in [0.717, 1.165) is 22.0 Å². The minimum absolute atomic E-state index is 0.126. The molecule has 0 amide bonds. The average Bonchev–Trinajstić information content (AvgIpc) is 3.54. The molecule has 0 saturated heterocycles. The lowest BCUT2D eigenvalue weighted by atomic mass is 10.0. The number of carbonyl (C=O) groups is 1. The summed E-state index contributed by atoms with van der Waals surface area (Å²) in [7, 11) is 0. The minimum atomic E-state index is -0.488. The van der Waals surface area contributed by atoms with Crippen LogP contribution >= 0.6 is 34.8 Å². The lowest BCUT2D eigenvalue weighted by Gasteiger charge is -2.14. The first-order valence-corrected chi connectivity index (χ1v) is 14.1. The third kappa shape index (κ3) is 5.55. The molecule has 0 fully saturated rings. The summed E-state index contributed by atoms with van der Waals surface area (Å²) in [5.41, 5.74) is 4.21. The van der Waals surface area contributed by atoms with E-state index in [1.807, 2.05) is 59.2 Å². The molecular weight excluding hydrogens is 585 g/mol. The van der Waals surface area contributed by atoms with Crippen LogP contribution in [0.4, 0.5) is 0 Å². The molecule has 41 heavy (non-hydrogen) atoms. The van der Waals surface area contributed by atoms with Gasteiger partial charge in [-0.25, -0.2) is 4.79 Å². The van der Waals surface area contributed by atoms with Crippen molar-refractivity contribution < 1.29 is 23.7 Å². The fourth-order valence-electron chi connectivity index (χ4n) is 4.98. The molecule has 0 atom stereocenters. The van der Waals surface area contributed by atoms with Gasteiger partial charge in [-0.2, -0.15) is 0 Å². The largest absolute Gasteiger partial charge is 0.489 e. The van der Waals surface area contributed by atoms with Crippen LogP contribution in [0.15, 0.2) is 78.9 Å². The van der Waals surface area contributed by atoms with E-state index >= 15 is 0 Å². The Kier molecular flexibility index (Phi) is 7.71. The second-order valence-electron chi connectivity index (χ2n) is 9.44. The van der Waals surface area contributed by atoms with E-state index in [1.165, 1.54) is 0 Å². The number of rotatable bonds is 8. The van der Waals surface area contributed by atoms with Crippen LogP contribution in [0.5, 0.6) is 17.2 Å². The van der Waals surface area contributed by atoms with Crippen LogP contribution in [-0.4, -0.2) is 23.9 Å². The first-order chi connectivity index (χ1) is 19.9. The van der Waals surface area contributed by atoms with E-state index in [2.05, 4.69) is 0 Å². The maximum Gasteiger partial charge on any atom is 0.355 e. The number of fused-ring (bicyclic) bond motifs is 2. The number of aromatic nitrogens is 1. The number of ether oxygens (including phenoxy) is 4. The Morgan fingerprint density at radius 1 is 0.902 bits per heavy atom. The summed E-state index contributed by atoms with van der Waals surface area (Å²) in [6.45, 7) is 2.75. The highest BCUT2D eigenvalue weighted by Gasteiger charge is 2.27. The Morgan fingerprint density at radius 2 is 1.63 bits per heavy atom. The number of halogens is 3. The zero-order valence-corrected chi connectivity index (χ0v) is 24.2. The molecule has 4 aromatic carbocycles. The summed E-state index contributed by atoms with van der Waals surface area (Å²) in [6.07, 6.45) is 0. The van der Waals surface area contributed by atoms with Crippen molar-refractivity contribution in [2.45, 2.75) is 20.1 Å². The van der Waals surface area contributed by atoms with Gasteiger partial charge >= 0.3 is 5.97 Å². The van der Waals surface area contributed by atoms with Crippen molar-refractivity contribution >= 4 is 51.7 Å². The van der Waals surface area contributed by atoms with E-state index in [9.17, 15) is 4.79 Å². The van der Waals surface area contributed by atoms with Gasteiger partial charge in [0.1, 0.15) is 18.1 Å². The van der Waals surface area contributed by atoms with Crippen LogP contribution in [0.2, 0.25) is 15.1 Å². The molecule has 6 rings (SSSR count). The van der Waals surface area contributed by atoms with Crippen LogP contribution in [0.25, 0.3) is 22.0 Å². The standard InChI is InChI=1S/C32H24Cl3NO5/c1-2-38-32(37)31-30(20-10-22(33)13-23(34)11-20)25-14-24(39-17-19-6-4-3-5-7-19)8-9-27(25)36(31)16-21-12-28-29(15-26(21)35)41-18-40-28/h3-15H,2,16-18H2,1H3. The normalized spacial score (nSPS) is 12.1. The Labute approximate surface area is 251 Å². The van der Waals surface area contributed by atoms with Crippen molar-refractivity contribution in [3.05, 3.63) is 111 Å². The van der Waals surface area contributed by atoms with Gasteiger partial charge in [0.2, 0.25) is 6.79 Å². The molecule has 1 aliphatic heterocycles. The predicted octanol–water partition coefficient (Wildman–Crippen LogP) is 8.80. The molecule has 0 unspecified atom stereocenters. The molecule has 1 aromatic heterocycles. The van der Waals surface area contributed by atoms with Crippen molar-refractivity contribution in [2.24, 2.45) is 0 Å². The fourth-order valence-corrected chi connectivity index (χ4v) is 5.72. The zero-order valence-electron chi connectivity index (χ0n) is 22.0. The van der Waals surface area contributed by atoms with E-state index < -0.39 is 5.97 Å². The van der Waals surface area contributed by atoms with Gasteiger partial charge in [-0.3, -0.25) is 0 Å². The van der Waals surface area contributed by atoms with Gasteiger partial charge in [-0.15, -0.1) is 0 Å². The number of esters is 1. The number of carbonyl (C=O) groups excluding carboxylic acids is 1. The van der Waals surface area contributed by atoms with Crippen LogP contribution in [0.1, 0.15) is 28.5 Å². The number of nitrogens with zero attached hydrogens (tertiary/aromatic N) is 1. The number of hydrogen-bond donors (Lipinski definition) is 0. The third-order valence-electron chi connectivity index (χ3n) is 6.77. The fraction of sp³-hybridized carbons (Fsp3) is 0.156. The van der Waals surface area contributed by atoms with Crippen molar-refractivity contribution in [2.75, 3.05) is 13.4 Å². The first-order valence-electron chi connectivity index (χ1n) is 13.0. The maximum atomic E-state index is 13.6. The SMILES string of the molecule is CCOC(=O)c1c(-c2cc(Cl)cc(Cl)c2)c2cc(OCc3ccccc3)ccc2n1Cc1cc2c(cc1Cl)OCO2. The molecule has 9 heteroatoms. The van der Waals surface area contributed by atoms with Gasteiger partial charge in [-0.05, 0) is 66.1 Å². The molecule has 0 saturated carbocycles. The van der Waals surface area contributed by atoms with Gasteiger partial charge in [0.25, 0.3) is 0 Å². The summed E-state index contributed by atoms with van der Waals surface area (Å²) in [4.78, 5) is 13.6. The zero-order chi connectivity index (χ0) is 28.5. The lowest BCUT2D eigenvalue weighted by molar-refractivity contribution is 0.0516. The summed E-state index contributed by atoms with van der Waals surface area (Å²) in [5.74, 6) is 1.33. The number of benzene rings is 4.